The Kier molecular flexibility index (Phi) is 7.85. The maximum atomic E-state index is 14.0. The van der Waals surface area contributed by atoms with E-state index < -0.39 is 5.97 Å². The first-order valence-corrected chi connectivity index (χ1v) is 11.1. The molecule has 0 aliphatic carbocycles. The number of halogens is 1. The van der Waals surface area contributed by atoms with Crippen LogP contribution in [0.2, 0.25) is 0 Å². The van der Waals surface area contributed by atoms with Crippen molar-refractivity contribution < 1.29 is 23.8 Å². The van der Waals surface area contributed by atoms with E-state index >= 15 is 0 Å². The lowest BCUT2D eigenvalue weighted by molar-refractivity contribution is -0.137. The molecule has 178 valence electrons. The molecule has 2 N–H and O–H groups in total. The number of hydrogen-bond acceptors (Lipinski definition) is 6. The maximum absolute atomic E-state index is 14.0. The summed E-state index contributed by atoms with van der Waals surface area (Å²) >= 11 is 0. The van der Waals surface area contributed by atoms with Crippen molar-refractivity contribution in [2.45, 2.75) is 19.4 Å². The van der Waals surface area contributed by atoms with Crippen LogP contribution < -0.4 is 14.8 Å². The summed E-state index contributed by atoms with van der Waals surface area (Å²) in [5, 5.41) is 11.9. The number of ether oxygens (including phenoxy) is 2. The average Bonchev–Trinajstić information content (AvgIpc) is 2.87. The number of rotatable bonds is 11. The van der Waals surface area contributed by atoms with Crippen LogP contribution in [-0.2, 0) is 11.4 Å². The first-order chi connectivity index (χ1) is 17.1. The summed E-state index contributed by atoms with van der Waals surface area (Å²) in [7, 11) is 0. The Morgan fingerprint density at radius 2 is 1.66 bits per heavy atom. The van der Waals surface area contributed by atoms with Crippen molar-refractivity contribution in [2.24, 2.45) is 0 Å². The molecule has 0 atom stereocenters. The van der Waals surface area contributed by atoms with E-state index in [2.05, 4.69) is 15.3 Å². The normalized spacial score (nSPS) is 10.5. The third-order valence-electron chi connectivity index (χ3n) is 5.02. The van der Waals surface area contributed by atoms with Gasteiger partial charge in [0.2, 0.25) is 11.8 Å². The molecule has 0 saturated heterocycles. The van der Waals surface area contributed by atoms with Crippen LogP contribution in [0.3, 0.4) is 0 Å². The molecular weight excluding hydrogens is 449 g/mol. The third kappa shape index (κ3) is 7.01. The van der Waals surface area contributed by atoms with Gasteiger partial charge in [0.05, 0.1) is 12.3 Å². The van der Waals surface area contributed by atoms with Crippen molar-refractivity contribution in [1.82, 2.24) is 9.97 Å². The predicted molar refractivity (Wildman–Crippen MR) is 130 cm³/mol. The van der Waals surface area contributed by atoms with Gasteiger partial charge in [-0.25, -0.2) is 9.37 Å². The molecule has 0 fully saturated rings. The number of carbonyl (C=O) groups is 1. The Bertz CT molecular complexity index is 1270. The molecule has 0 saturated carbocycles. The van der Waals surface area contributed by atoms with E-state index in [-0.39, 0.29) is 18.8 Å². The van der Waals surface area contributed by atoms with Gasteiger partial charge >= 0.3 is 5.97 Å². The van der Waals surface area contributed by atoms with E-state index in [1.54, 1.807) is 36.4 Å². The lowest BCUT2D eigenvalue weighted by Gasteiger charge is -2.12. The van der Waals surface area contributed by atoms with Gasteiger partial charge in [0.25, 0.3) is 0 Å². The zero-order valence-corrected chi connectivity index (χ0v) is 18.9. The fourth-order valence-corrected chi connectivity index (χ4v) is 3.26. The molecule has 0 aliphatic rings. The second-order valence-electron chi connectivity index (χ2n) is 7.66. The summed E-state index contributed by atoms with van der Waals surface area (Å²) in [6.07, 6.45) is 0.501. The van der Waals surface area contributed by atoms with Crippen LogP contribution in [-0.4, -0.2) is 27.7 Å². The van der Waals surface area contributed by atoms with E-state index in [0.29, 0.717) is 41.9 Å². The van der Waals surface area contributed by atoms with Crippen LogP contribution in [0.5, 0.6) is 11.6 Å². The van der Waals surface area contributed by atoms with E-state index in [1.807, 2.05) is 42.5 Å². The lowest BCUT2D eigenvalue weighted by atomic mass is 10.1. The van der Waals surface area contributed by atoms with Crippen molar-refractivity contribution in [3.63, 3.8) is 0 Å². The maximum Gasteiger partial charge on any atom is 0.303 e. The second kappa shape index (κ2) is 11.6. The van der Waals surface area contributed by atoms with Gasteiger partial charge in [-0.05, 0) is 36.8 Å². The number of aromatic nitrogens is 2. The van der Waals surface area contributed by atoms with Crippen LogP contribution in [0.15, 0.2) is 84.9 Å². The number of benzene rings is 3. The number of anilines is 2. The van der Waals surface area contributed by atoms with Gasteiger partial charge in [-0.1, -0.05) is 48.5 Å². The molecule has 4 rings (SSSR count). The van der Waals surface area contributed by atoms with Gasteiger partial charge in [0.1, 0.15) is 18.2 Å². The Morgan fingerprint density at radius 3 is 2.40 bits per heavy atom. The number of nitrogens with zero attached hydrogens (tertiary/aromatic N) is 2. The summed E-state index contributed by atoms with van der Waals surface area (Å²) in [4.78, 5) is 19.6. The molecule has 3 aromatic carbocycles. The number of nitrogens with one attached hydrogen (secondary N) is 1. The van der Waals surface area contributed by atoms with Gasteiger partial charge in [0, 0.05) is 29.3 Å². The minimum absolute atomic E-state index is 0.0330. The highest BCUT2D eigenvalue weighted by Crippen LogP contribution is 2.25. The third-order valence-corrected chi connectivity index (χ3v) is 5.02. The largest absolute Gasteiger partial charge is 0.494 e. The Hall–Kier alpha value is -4.46. The Balaban J connectivity index is 1.49. The molecule has 0 amide bonds. The van der Waals surface area contributed by atoms with Crippen LogP contribution >= 0.6 is 0 Å². The molecule has 7 nitrogen and oxygen atoms in total. The molecule has 0 aliphatic heterocycles. The summed E-state index contributed by atoms with van der Waals surface area (Å²) in [6.45, 7) is 0.356. The SMILES string of the molecule is O=C(O)CCCOc1ccc(Nc2nc(OCc3ccccc3F)cc(-c3ccccc3)n2)cc1. The molecule has 1 aromatic heterocycles. The van der Waals surface area contributed by atoms with Gasteiger partial charge in [-0.3, -0.25) is 4.79 Å². The Labute approximate surface area is 202 Å². The molecule has 1 heterocycles. The van der Waals surface area contributed by atoms with Gasteiger partial charge < -0.3 is 19.9 Å². The number of hydrogen-bond donors (Lipinski definition) is 2. The predicted octanol–water partition coefficient (Wildman–Crippen LogP) is 5.85. The topological polar surface area (TPSA) is 93.6 Å². The summed E-state index contributed by atoms with van der Waals surface area (Å²) < 4.78 is 25.4. The Morgan fingerprint density at radius 1 is 0.914 bits per heavy atom. The molecule has 0 radical (unpaired) electrons. The zero-order chi connectivity index (χ0) is 24.5. The average molecular weight is 474 g/mol. The quantitative estimate of drug-likeness (QED) is 0.264. The highest BCUT2D eigenvalue weighted by atomic mass is 19.1. The number of aliphatic carboxylic acids is 1. The lowest BCUT2D eigenvalue weighted by Crippen LogP contribution is -2.04. The van der Waals surface area contributed by atoms with Crippen LogP contribution in [0, 0.1) is 5.82 Å². The zero-order valence-electron chi connectivity index (χ0n) is 18.9. The van der Waals surface area contributed by atoms with Crippen molar-refractivity contribution in [3.05, 3.63) is 96.3 Å². The molecular formula is C27H24FN3O4. The minimum Gasteiger partial charge on any atom is -0.494 e. The minimum atomic E-state index is -0.844. The molecule has 8 heteroatoms. The van der Waals surface area contributed by atoms with E-state index in [9.17, 15) is 9.18 Å². The summed E-state index contributed by atoms with van der Waals surface area (Å²) in [6, 6.07) is 25.0. The number of carboxylic acid groups (broad SMARTS) is 1. The van der Waals surface area contributed by atoms with Crippen molar-refractivity contribution in [1.29, 1.82) is 0 Å². The second-order valence-corrected chi connectivity index (χ2v) is 7.66. The van der Waals surface area contributed by atoms with Crippen LogP contribution in [0.4, 0.5) is 16.0 Å². The van der Waals surface area contributed by atoms with Crippen molar-refractivity contribution >= 4 is 17.6 Å². The van der Waals surface area contributed by atoms with E-state index in [0.717, 1.165) is 11.3 Å². The molecule has 0 spiro atoms. The van der Waals surface area contributed by atoms with Crippen LogP contribution in [0.25, 0.3) is 11.3 Å². The number of carboxylic acids is 1. The van der Waals surface area contributed by atoms with E-state index in [4.69, 9.17) is 14.6 Å². The fourth-order valence-electron chi connectivity index (χ4n) is 3.26. The standard InChI is InChI=1S/C27H24FN3O4/c28-23-10-5-4-9-20(23)18-35-25-17-24(19-7-2-1-3-8-19)30-27(31-25)29-21-12-14-22(15-13-21)34-16-6-11-26(32)33/h1-5,7-10,12-15,17H,6,11,16,18H2,(H,32,33)(H,29,30,31). The fraction of sp³-hybridized carbons (Fsp3) is 0.148. The van der Waals surface area contributed by atoms with E-state index in [1.165, 1.54) is 6.07 Å². The summed E-state index contributed by atoms with van der Waals surface area (Å²) in [5.74, 6) is 0.0818. The van der Waals surface area contributed by atoms with Gasteiger partial charge in [-0.15, -0.1) is 0 Å². The molecule has 0 unspecified atom stereocenters. The monoisotopic (exact) mass is 473 g/mol. The summed E-state index contributed by atoms with van der Waals surface area (Å²) in [5.41, 5.74) is 2.71. The molecule has 35 heavy (non-hydrogen) atoms. The highest BCUT2D eigenvalue weighted by molar-refractivity contribution is 5.66. The molecule has 0 bridgehead atoms. The van der Waals surface area contributed by atoms with Crippen molar-refractivity contribution in [3.8, 4) is 22.9 Å². The highest BCUT2D eigenvalue weighted by Gasteiger charge is 2.10. The van der Waals surface area contributed by atoms with Crippen LogP contribution in [0.1, 0.15) is 18.4 Å². The first kappa shape index (κ1) is 23.7. The van der Waals surface area contributed by atoms with Gasteiger partial charge in [-0.2, -0.15) is 4.98 Å². The first-order valence-electron chi connectivity index (χ1n) is 11.1. The smallest absolute Gasteiger partial charge is 0.303 e. The van der Waals surface area contributed by atoms with Crippen molar-refractivity contribution in [2.75, 3.05) is 11.9 Å². The van der Waals surface area contributed by atoms with Gasteiger partial charge in [0.15, 0.2) is 0 Å². The molecule has 4 aromatic rings.